The Hall–Kier alpha value is -6.36. The number of halogens is 6. The summed E-state index contributed by atoms with van der Waals surface area (Å²) in [7, 11) is 0. The van der Waals surface area contributed by atoms with Crippen molar-refractivity contribution in [2.75, 3.05) is 5.73 Å². The van der Waals surface area contributed by atoms with Crippen molar-refractivity contribution in [2.24, 2.45) is 0 Å². The molecule has 3 aromatic heterocycles. The molecule has 0 saturated carbocycles. The average Bonchev–Trinajstić information content (AvgIpc) is 3.14. The molecular weight excluding hydrogens is 816 g/mol. The predicted octanol–water partition coefficient (Wildman–Crippen LogP) is 8.80. The Morgan fingerprint density at radius 3 is 2.12 bits per heavy atom. The number of nitrogens with one attached hydrogen (secondary N) is 1. The van der Waals surface area contributed by atoms with E-state index in [4.69, 9.17) is 50.7 Å². The fourth-order valence-electron chi connectivity index (χ4n) is 5.10. The second kappa shape index (κ2) is 19.0. The molecular formula is C38H28Cl3F3N6O7. The number of nitro benzene ring substituents is 1. The predicted molar refractivity (Wildman–Crippen MR) is 206 cm³/mol. The van der Waals surface area contributed by atoms with Gasteiger partial charge in [0.25, 0.3) is 11.6 Å². The van der Waals surface area contributed by atoms with Gasteiger partial charge < -0.3 is 21.3 Å². The lowest BCUT2D eigenvalue weighted by Gasteiger charge is -2.12. The maximum absolute atomic E-state index is 13.6. The zero-order valence-electron chi connectivity index (χ0n) is 29.5. The molecule has 19 heteroatoms. The van der Waals surface area contributed by atoms with Crippen LogP contribution >= 0.6 is 34.8 Å². The van der Waals surface area contributed by atoms with Crippen molar-refractivity contribution < 1.29 is 42.7 Å². The Kier molecular flexibility index (Phi) is 14.4. The first kappa shape index (κ1) is 43.4. The minimum Gasteiger partial charge on any atom is -0.478 e. The number of carboxylic acids is 2. The number of pyridine rings is 3. The topological polar surface area (TPSA) is 212 Å². The van der Waals surface area contributed by atoms with Crippen molar-refractivity contribution in [3.05, 3.63) is 167 Å². The first-order valence-corrected chi connectivity index (χ1v) is 17.2. The highest BCUT2D eigenvalue weighted by molar-refractivity contribution is 6.32. The quantitative estimate of drug-likeness (QED) is 0.0840. The van der Waals surface area contributed by atoms with Gasteiger partial charge in [-0.1, -0.05) is 34.8 Å². The highest BCUT2D eigenvalue weighted by Gasteiger charge is 2.22. The van der Waals surface area contributed by atoms with Gasteiger partial charge in [0.1, 0.15) is 28.8 Å². The largest absolute Gasteiger partial charge is 0.478 e. The summed E-state index contributed by atoms with van der Waals surface area (Å²) in [5, 5.41) is 30.4. The smallest absolute Gasteiger partial charge is 0.342 e. The Morgan fingerprint density at radius 2 is 1.49 bits per heavy atom. The number of hydrogen-bond donors (Lipinski definition) is 4. The summed E-state index contributed by atoms with van der Waals surface area (Å²) in [4.78, 5) is 55.8. The normalized spacial score (nSPS) is 10.5. The van der Waals surface area contributed by atoms with E-state index in [0.717, 1.165) is 46.0 Å². The molecule has 6 rings (SSSR count). The van der Waals surface area contributed by atoms with Crippen molar-refractivity contribution in [1.82, 2.24) is 20.3 Å². The van der Waals surface area contributed by atoms with Crippen molar-refractivity contribution >= 4 is 75.1 Å². The van der Waals surface area contributed by atoms with E-state index in [1.165, 1.54) is 6.07 Å². The molecule has 0 aliphatic carbocycles. The molecule has 0 radical (unpaired) electrons. The van der Waals surface area contributed by atoms with Crippen LogP contribution in [0.5, 0.6) is 0 Å². The van der Waals surface area contributed by atoms with Crippen LogP contribution in [0.3, 0.4) is 0 Å². The van der Waals surface area contributed by atoms with E-state index < -0.39 is 50.6 Å². The van der Waals surface area contributed by atoms with Gasteiger partial charge in [0.2, 0.25) is 0 Å². The van der Waals surface area contributed by atoms with E-state index >= 15 is 0 Å². The van der Waals surface area contributed by atoms with Crippen molar-refractivity contribution in [1.29, 1.82) is 0 Å². The number of aromatic nitrogens is 3. The first-order chi connectivity index (χ1) is 26.8. The highest BCUT2D eigenvalue weighted by Crippen LogP contribution is 2.26. The van der Waals surface area contributed by atoms with Crippen LogP contribution in [-0.4, -0.2) is 47.9 Å². The SMILES string of the molecule is Cc1cc(N)nc(C)c1CNC(=O)c1ccnc(Cc2cnc3cc(F)c(Cl)cc3c2)c1.O=C(O)c1cc(Cl)c(F)cc1[N+](=O)[O-].O=C(O)c1ccc(F)c(Cl)c1. The number of hydrogen-bond acceptors (Lipinski definition) is 9. The summed E-state index contributed by atoms with van der Waals surface area (Å²) in [6.45, 7) is 4.16. The summed E-state index contributed by atoms with van der Waals surface area (Å²) < 4.78 is 38.8. The van der Waals surface area contributed by atoms with Crippen molar-refractivity contribution in [3.63, 3.8) is 0 Å². The molecule has 1 amide bonds. The molecule has 0 atom stereocenters. The van der Waals surface area contributed by atoms with Crippen LogP contribution in [-0.2, 0) is 13.0 Å². The number of carbonyl (C=O) groups excluding carboxylic acids is 1. The third kappa shape index (κ3) is 11.6. The molecule has 5 N–H and O–H groups in total. The van der Waals surface area contributed by atoms with Gasteiger partial charge in [-0.3, -0.25) is 24.9 Å². The summed E-state index contributed by atoms with van der Waals surface area (Å²) in [5.74, 6) is -4.53. The number of carboxylic acid groups (broad SMARTS) is 2. The van der Waals surface area contributed by atoms with E-state index in [9.17, 15) is 37.7 Å². The summed E-state index contributed by atoms with van der Waals surface area (Å²) in [6.07, 6.45) is 3.75. The third-order valence-corrected chi connectivity index (χ3v) is 8.74. The minimum atomic E-state index is -1.53. The van der Waals surface area contributed by atoms with E-state index in [1.54, 1.807) is 36.7 Å². The second-order valence-corrected chi connectivity index (χ2v) is 13.1. The van der Waals surface area contributed by atoms with E-state index in [1.807, 2.05) is 19.9 Å². The van der Waals surface area contributed by atoms with Gasteiger partial charge in [-0.25, -0.2) is 27.7 Å². The minimum absolute atomic E-state index is 0.0172. The van der Waals surface area contributed by atoms with Gasteiger partial charge in [-0.15, -0.1) is 0 Å². The van der Waals surface area contributed by atoms with E-state index in [0.29, 0.717) is 47.7 Å². The van der Waals surface area contributed by atoms with Gasteiger partial charge in [-0.05, 0) is 85.1 Å². The van der Waals surface area contributed by atoms with Gasteiger partial charge in [-0.2, -0.15) is 0 Å². The van der Waals surface area contributed by atoms with Crippen LogP contribution in [0.2, 0.25) is 15.1 Å². The molecule has 0 fully saturated rings. The zero-order chi connectivity index (χ0) is 42.1. The third-order valence-electron chi connectivity index (χ3n) is 7.88. The Bertz CT molecular complexity index is 2480. The number of anilines is 1. The number of aromatic carboxylic acids is 2. The van der Waals surface area contributed by atoms with Crippen LogP contribution in [0.25, 0.3) is 10.9 Å². The van der Waals surface area contributed by atoms with Gasteiger partial charge in [0, 0.05) is 53.8 Å². The lowest BCUT2D eigenvalue weighted by molar-refractivity contribution is -0.385. The standard InChI is InChI=1S/C24H21ClFN5O.C7H3ClFNO4.C7H4ClFO2/c1-13-5-23(27)31-14(2)19(13)12-30-24(32)16-3-4-28-18(8-16)7-15-6-17-9-20(25)21(26)10-22(17)29-11-15;8-4-1-3(7(11)12)6(10(13)14)2-5(4)9;8-5-3-4(7(10)11)1-2-6(5)9/h3-6,8-11H,7,12H2,1-2H3,(H2,27,31)(H,30,32);1-2H,(H,11,12);1-3H,(H,10,11). The fourth-order valence-corrected chi connectivity index (χ4v) is 5.62. The fraction of sp³-hybridized carbons (Fsp3) is 0.105. The van der Waals surface area contributed by atoms with Gasteiger partial charge >= 0.3 is 11.9 Å². The summed E-state index contributed by atoms with van der Waals surface area (Å²) in [5.41, 5.74) is 9.64. The molecule has 0 unspecified atom stereocenters. The molecule has 6 aromatic rings. The Balaban J connectivity index is 0.000000236. The number of rotatable bonds is 8. The average molecular weight is 844 g/mol. The molecule has 13 nitrogen and oxygen atoms in total. The lowest BCUT2D eigenvalue weighted by Crippen LogP contribution is -2.24. The number of aryl methyl sites for hydroxylation is 2. The van der Waals surface area contributed by atoms with E-state index in [2.05, 4.69) is 20.3 Å². The molecule has 0 aliphatic rings. The van der Waals surface area contributed by atoms with Gasteiger partial charge in [0.15, 0.2) is 0 Å². The molecule has 0 aliphatic heterocycles. The molecule has 0 bridgehead atoms. The number of amides is 1. The van der Waals surface area contributed by atoms with Crippen molar-refractivity contribution in [2.45, 2.75) is 26.8 Å². The molecule has 57 heavy (non-hydrogen) atoms. The maximum Gasteiger partial charge on any atom is 0.342 e. The summed E-state index contributed by atoms with van der Waals surface area (Å²) >= 11 is 16.5. The van der Waals surface area contributed by atoms with Crippen LogP contribution in [0.1, 0.15) is 59.2 Å². The number of nitro groups is 1. The van der Waals surface area contributed by atoms with Crippen LogP contribution < -0.4 is 11.1 Å². The number of nitrogens with zero attached hydrogens (tertiary/aromatic N) is 4. The number of fused-ring (bicyclic) bond motifs is 1. The molecule has 0 saturated heterocycles. The molecule has 3 aromatic carbocycles. The van der Waals surface area contributed by atoms with Gasteiger partial charge in [0.05, 0.1) is 37.1 Å². The van der Waals surface area contributed by atoms with E-state index in [-0.39, 0.29) is 21.5 Å². The van der Waals surface area contributed by atoms with Crippen molar-refractivity contribution in [3.8, 4) is 0 Å². The van der Waals surface area contributed by atoms with Crippen LogP contribution in [0, 0.1) is 41.4 Å². The highest BCUT2D eigenvalue weighted by atomic mass is 35.5. The number of benzene rings is 3. The Labute approximate surface area is 336 Å². The zero-order valence-corrected chi connectivity index (χ0v) is 31.8. The molecule has 0 spiro atoms. The molecule has 3 heterocycles. The lowest BCUT2D eigenvalue weighted by atomic mass is 10.1. The van der Waals surface area contributed by atoms with Crippen LogP contribution in [0.15, 0.2) is 79.1 Å². The Morgan fingerprint density at radius 1 is 0.825 bits per heavy atom. The number of carbonyl (C=O) groups is 3. The maximum atomic E-state index is 13.6. The summed E-state index contributed by atoms with van der Waals surface area (Å²) in [6, 6.07) is 14.4. The second-order valence-electron chi connectivity index (χ2n) is 11.9. The monoisotopic (exact) mass is 842 g/mol. The first-order valence-electron chi connectivity index (χ1n) is 16.1. The number of nitrogen functional groups attached to an aromatic ring is 1. The van der Waals surface area contributed by atoms with Crippen LogP contribution in [0.4, 0.5) is 24.7 Å². The number of nitrogens with two attached hydrogens (primary N) is 1. The molecule has 294 valence electrons.